The summed E-state index contributed by atoms with van der Waals surface area (Å²) in [5.41, 5.74) is 0. The van der Waals surface area contributed by atoms with Crippen molar-refractivity contribution < 1.29 is 13.5 Å². The van der Waals surface area contributed by atoms with E-state index in [1.807, 2.05) is 0 Å². The lowest BCUT2D eigenvalue weighted by Gasteiger charge is -2.33. The Labute approximate surface area is 110 Å². The van der Waals surface area contributed by atoms with E-state index in [-0.39, 0.29) is 18.6 Å². The fourth-order valence-corrected chi connectivity index (χ4v) is 4.53. The SMILES string of the molecule is O=S(=O)(NC1CCCCC1CO)N1CCCCC1. The van der Waals surface area contributed by atoms with Gasteiger partial charge in [0.25, 0.3) is 10.2 Å². The van der Waals surface area contributed by atoms with Gasteiger partial charge in [-0.05, 0) is 31.6 Å². The molecule has 2 fully saturated rings. The molecule has 0 radical (unpaired) electrons. The lowest BCUT2D eigenvalue weighted by molar-refractivity contribution is 0.162. The molecule has 2 rings (SSSR count). The van der Waals surface area contributed by atoms with Crippen LogP contribution in [0.5, 0.6) is 0 Å². The van der Waals surface area contributed by atoms with E-state index in [9.17, 15) is 13.5 Å². The van der Waals surface area contributed by atoms with Gasteiger partial charge < -0.3 is 5.11 Å². The molecule has 0 aromatic carbocycles. The molecule has 0 spiro atoms. The van der Waals surface area contributed by atoms with Gasteiger partial charge in [0.15, 0.2) is 0 Å². The summed E-state index contributed by atoms with van der Waals surface area (Å²) in [6, 6.07) is -0.0873. The predicted octanol–water partition coefficient (Wildman–Crippen LogP) is 0.858. The topological polar surface area (TPSA) is 69.6 Å². The van der Waals surface area contributed by atoms with Crippen LogP contribution in [0.25, 0.3) is 0 Å². The molecule has 1 heterocycles. The molecule has 0 aromatic heterocycles. The van der Waals surface area contributed by atoms with E-state index >= 15 is 0 Å². The molecule has 2 unspecified atom stereocenters. The van der Waals surface area contributed by atoms with E-state index in [1.165, 1.54) is 0 Å². The molecule has 2 atom stereocenters. The van der Waals surface area contributed by atoms with Gasteiger partial charge in [0.1, 0.15) is 0 Å². The zero-order chi connectivity index (χ0) is 13.0. The van der Waals surface area contributed by atoms with E-state index in [0.29, 0.717) is 13.1 Å². The number of piperidine rings is 1. The standard InChI is InChI=1S/C12H24N2O3S/c15-10-11-6-2-3-7-12(11)13-18(16,17)14-8-4-1-5-9-14/h11-13,15H,1-10H2. The molecular formula is C12H24N2O3S. The number of nitrogens with one attached hydrogen (secondary N) is 1. The van der Waals surface area contributed by atoms with Crippen LogP contribution in [-0.2, 0) is 10.2 Å². The van der Waals surface area contributed by atoms with Gasteiger partial charge in [-0.3, -0.25) is 0 Å². The minimum absolute atomic E-state index is 0.0766. The maximum Gasteiger partial charge on any atom is 0.279 e. The molecule has 1 aliphatic heterocycles. The van der Waals surface area contributed by atoms with Crippen molar-refractivity contribution in [2.45, 2.75) is 51.0 Å². The van der Waals surface area contributed by atoms with Crippen molar-refractivity contribution in [2.24, 2.45) is 5.92 Å². The Morgan fingerprint density at radius 3 is 2.39 bits per heavy atom. The normalized spacial score (nSPS) is 31.4. The third-order valence-corrected chi connectivity index (χ3v) is 5.74. The van der Waals surface area contributed by atoms with Crippen LogP contribution in [0.3, 0.4) is 0 Å². The average molecular weight is 276 g/mol. The van der Waals surface area contributed by atoms with Gasteiger partial charge in [-0.15, -0.1) is 0 Å². The van der Waals surface area contributed by atoms with Gasteiger partial charge in [-0.25, -0.2) is 0 Å². The van der Waals surface area contributed by atoms with Gasteiger partial charge >= 0.3 is 0 Å². The summed E-state index contributed by atoms with van der Waals surface area (Å²) in [5, 5.41) is 9.32. The minimum Gasteiger partial charge on any atom is -0.396 e. The maximum atomic E-state index is 12.2. The van der Waals surface area contributed by atoms with Crippen molar-refractivity contribution in [1.29, 1.82) is 0 Å². The van der Waals surface area contributed by atoms with Crippen LogP contribution in [0.1, 0.15) is 44.9 Å². The molecule has 2 aliphatic rings. The number of aliphatic hydroxyl groups is 1. The number of nitrogens with zero attached hydrogens (tertiary/aromatic N) is 1. The molecule has 0 amide bonds. The zero-order valence-corrected chi connectivity index (χ0v) is 11.7. The highest BCUT2D eigenvalue weighted by molar-refractivity contribution is 7.87. The molecule has 0 aromatic rings. The zero-order valence-electron chi connectivity index (χ0n) is 10.8. The summed E-state index contributed by atoms with van der Waals surface area (Å²) in [7, 11) is -3.35. The highest BCUT2D eigenvalue weighted by atomic mass is 32.2. The highest BCUT2D eigenvalue weighted by Gasteiger charge is 2.31. The maximum absolute atomic E-state index is 12.2. The second-order valence-electron chi connectivity index (χ2n) is 5.42. The van der Waals surface area contributed by atoms with Crippen LogP contribution >= 0.6 is 0 Å². The van der Waals surface area contributed by atoms with Crippen LogP contribution in [-0.4, -0.2) is 43.6 Å². The first kappa shape index (κ1) is 14.2. The van der Waals surface area contributed by atoms with Gasteiger partial charge in [0.05, 0.1) is 0 Å². The molecule has 1 saturated carbocycles. The summed E-state index contributed by atoms with van der Waals surface area (Å²) >= 11 is 0. The Kier molecular flexibility index (Phi) is 5.00. The number of aliphatic hydroxyl groups excluding tert-OH is 1. The Balaban J connectivity index is 1.97. The summed E-state index contributed by atoms with van der Waals surface area (Å²) in [5.74, 6) is 0.0818. The highest BCUT2D eigenvalue weighted by Crippen LogP contribution is 2.25. The van der Waals surface area contributed by atoms with Crippen LogP contribution in [0.15, 0.2) is 0 Å². The van der Waals surface area contributed by atoms with Gasteiger partial charge in [-0.1, -0.05) is 19.3 Å². The third-order valence-electron chi connectivity index (χ3n) is 4.10. The Hall–Kier alpha value is -0.170. The molecule has 6 heteroatoms. The molecule has 1 aliphatic carbocycles. The van der Waals surface area contributed by atoms with Crippen molar-refractivity contribution in [1.82, 2.24) is 9.03 Å². The van der Waals surface area contributed by atoms with Crippen LogP contribution in [0.2, 0.25) is 0 Å². The molecule has 1 saturated heterocycles. The number of hydrogen-bond donors (Lipinski definition) is 2. The van der Waals surface area contributed by atoms with E-state index in [2.05, 4.69) is 4.72 Å². The van der Waals surface area contributed by atoms with Gasteiger partial charge in [-0.2, -0.15) is 17.4 Å². The quantitative estimate of drug-likeness (QED) is 0.800. The number of hydrogen-bond acceptors (Lipinski definition) is 3. The largest absolute Gasteiger partial charge is 0.396 e. The van der Waals surface area contributed by atoms with Gasteiger partial charge in [0.2, 0.25) is 0 Å². The summed E-state index contributed by atoms with van der Waals surface area (Å²) in [6.45, 7) is 1.34. The van der Waals surface area contributed by atoms with E-state index in [0.717, 1.165) is 44.9 Å². The summed E-state index contributed by atoms with van der Waals surface area (Å²) in [6.07, 6.45) is 6.93. The molecule has 5 nitrogen and oxygen atoms in total. The molecule has 2 N–H and O–H groups in total. The first-order valence-electron chi connectivity index (χ1n) is 7.02. The number of rotatable bonds is 4. The summed E-state index contributed by atoms with van der Waals surface area (Å²) < 4.78 is 28.9. The Morgan fingerprint density at radius 1 is 1.06 bits per heavy atom. The second-order valence-corrected chi connectivity index (χ2v) is 7.12. The van der Waals surface area contributed by atoms with Crippen molar-refractivity contribution in [2.75, 3.05) is 19.7 Å². The second kappa shape index (κ2) is 6.32. The average Bonchev–Trinajstić information content (AvgIpc) is 2.40. The first-order chi connectivity index (χ1) is 8.63. The van der Waals surface area contributed by atoms with Crippen LogP contribution < -0.4 is 4.72 Å². The smallest absolute Gasteiger partial charge is 0.279 e. The van der Waals surface area contributed by atoms with Crippen molar-refractivity contribution in [3.8, 4) is 0 Å². The molecule has 106 valence electrons. The van der Waals surface area contributed by atoms with Crippen molar-refractivity contribution in [3.63, 3.8) is 0 Å². The Morgan fingerprint density at radius 2 is 1.72 bits per heavy atom. The summed E-state index contributed by atoms with van der Waals surface area (Å²) in [4.78, 5) is 0. The van der Waals surface area contributed by atoms with E-state index < -0.39 is 10.2 Å². The molecular weight excluding hydrogens is 252 g/mol. The first-order valence-corrected chi connectivity index (χ1v) is 8.46. The third kappa shape index (κ3) is 3.44. The van der Waals surface area contributed by atoms with E-state index in [1.54, 1.807) is 4.31 Å². The van der Waals surface area contributed by atoms with Crippen LogP contribution in [0.4, 0.5) is 0 Å². The molecule has 18 heavy (non-hydrogen) atoms. The van der Waals surface area contributed by atoms with Crippen molar-refractivity contribution in [3.05, 3.63) is 0 Å². The van der Waals surface area contributed by atoms with Gasteiger partial charge in [0, 0.05) is 25.7 Å². The van der Waals surface area contributed by atoms with Crippen LogP contribution in [0, 0.1) is 5.92 Å². The fourth-order valence-electron chi connectivity index (χ4n) is 2.95. The minimum atomic E-state index is -3.35. The molecule has 0 bridgehead atoms. The fraction of sp³-hybridized carbons (Fsp3) is 1.00. The lowest BCUT2D eigenvalue weighted by atomic mass is 9.86. The van der Waals surface area contributed by atoms with E-state index in [4.69, 9.17) is 0 Å². The monoisotopic (exact) mass is 276 g/mol. The Bertz CT molecular complexity index is 352. The predicted molar refractivity (Wildman–Crippen MR) is 70.3 cm³/mol. The lowest BCUT2D eigenvalue weighted by Crippen LogP contribution is -2.50. The van der Waals surface area contributed by atoms with Crippen molar-refractivity contribution >= 4 is 10.2 Å².